The summed E-state index contributed by atoms with van der Waals surface area (Å²) in [5, 5.41) is 77.2. The van der Waals surface area contributed by atoms with Crippen molar-refractivity contribution in [3.05, 3.63) is 57.2 Å². The molecule has 0 radical (unpaired) electrons. The quantitative estimate of drug-likeness (QED) is 0.551. The molecule has 4 N–H and O–H groups in total. The second-order valence-electron chi connectivity index (χ2n) is 4.50. The molecule has 0 bridgehead atoms. The number of benzene rings is 2. The van der Waals surface area contributed by atoms with Crippen molar-refractivity contribution in [3.8, 4) is 11.5 Å². The van der Waals surface area contributed by atoms with Gasteiger partial charge in [-0.25, -0.2) is 0 Å². The zero-order chi connectivity index (χ0) is 18.7. The minimum Gasteiger partial charge on any atom is -0.769 e. The van der Waals surface area contributed by atoms with Gasteiger partial charge in [0.2, 0.25) is 0 Å². The highest BCUT2D eigenvalue weighted by Crippen LogP contribution is 2.39. The molecule has 0 saturated carbocycles. The molecule has 13 nitrogen and oxygen atoms in total. The minimum absolute atomic E-state index is 0.312. The van der Waals surface area contributed by atoms with Crippen molar-refractivity contribution in [2.45, 2.75) is 0 Å². The Hall–Kier alpha value is -2.88. The van der Waals surface area contributed by atoms with E-state index in [9.17, 15) is 41.7 Å². The van der Waals surface area contributed by atoms with Crippen molar-refractivity contribution in [1.29, 1.82) is 0 Å². The average Bonchev–Trinajstić information content (AvgIpc) is 2.54. The molecule has 0 spiro atoms. The molecule has 13 heteroatoms. The van der Waals surface area contributed by atoms with Crippen molar-refractivity contribution in [2.75, 3.05) is 20.9 Å². The normalized spacial score (nSPS) is 10.4. The van der Waals surface area contributed by atoms with Crippen molar-refractivity contribution in [1.82, 2.24) is 0 Å². The van der Waals surface area contributed by atoms with Gasteiger partial charge >= 0.3 is 0 Å². The Kier molecular flexibility index (Phi) is 5.42. The van der Waals surface area contributed by atoms with Gasteiger partial charge in [0, 0.05) is 11.4 Å². The highest BCUT2D eigenvalue weighted by Gasteiger charge is 2.15. The van der Waals surface area contributed by atoms with E-state index in [-0.39, 0.29) is 11.5 Å². The molecule has 0 aliphatic heterocycles. The fourth-order valence-electron chi connectivity index (χ4n) is 1.84. The van der Waals surface area contributed by atoms with Crippen LogP contribution < -0.4 is 25.6 Å². The van der Waals surface area contributed by atoms with Crippen molar-refractivity contribution in [2.24, 2.45) is 0 Å². The molecule has 0 aromatic heterocycles. The molecule has 25 heavy (non-hydrogen) atoms. The molecule has 0 heterocycles. The van der Waals surface area contributed by atoms with Crippen molar-refractivity contribution >= 4 is 22.7 Å². The first-order valence-electron chi connectivity index (χ1n) is 6.31. The Balaban J connectivity index is 2.45. The number of rotatable bonds is 6. The van der Waals surface area contributed by atoms with Crippen LogP contribution >= 0.6 is 0 Å². The first-order chi connectivity index (χ1) is 11.7. The van der Waals surface area contributed by atoms with Crippen LogP contribution in [-0.4, -0.2) is 20.8 Å². The van der Waals surface area contributed by atoms with Gasteiger partial charge in [0.15, 0.2) is 11.5 Å². The molecular formula is C12H10N4O9-4. The minimum atomic E-state index is -0.780. The van der Waals surface area contributed by atoms with Crippen molar-refractivity contribution in [3.63, 3.8) is 0 Å². The summed E-state index contributed by atoms with van der Waals surface area (Å²) in [5.74, 6) is -0.625. The fraction of sp³-hybridized carbons (Fsp3) is 0. The molecule has 136 valence electrons. The topological polar surface area (TPSA) is 195 Å². The summed E-state index contributed by atoms with van der Waals surface area (Å²) in [6.45, 7) is 0. The van der Waals surface area contributed by atoms with Crippen LogP contribution in [0, 0.1) is 20.8 Å². The maximum atomic E-state index is 10.7. The molecule has 0 aliphatic carbocycles. The largest absolute Gasteiger partial charge is 0.769 e. The lowest BCUT2D eigenvalue weighted by Gasteiger charge is -2.38. The zero-order valence-corrected chi connectivity index (χ0v) is 12.1. The molecule has 2 aromatic carbocycles. The number of anilines is 4. The summed E-state index contributed by atoms with van der Waals surface area (Å²) >= 11 is 0. The van der Waals surface area contributed by atoms with E-state index in [1.165, 1.54) is 0 Å². The van der Waals surface area contributed by atoms with Crippen LogP contribution in [0.3, 0.4) is 0 Å². The lowest BCUT2D eigenvalue weighted by Crippen LogP contribution is -2.15. The number of nitrogens with zero attached hydrogens (tertiary/aromatic N) is 4. The Bertz CT molecular complexity index is 677. The highest BCUT2D eigenvalue weighted by atomic mass is 16.8. The van der Waals surface area contributed by atoms with Crippen LogP contribution in [-0.2, 0) is 0 Å². The first kappa shape index (κ1) is 18.5. The Morgan fingerprint density at radius 2 is 1.00 bits per heavy atom. The highest BCUT2D eigenvalue weighted by molar-refractivity contribution is 5.69. The van der Waals surface area contributed by atoms with E-state index in [1.807, 2.05) is 0 Å². The monoisotopic (exact) mass is 354 g/mol. The summed E-state index contributed by atoms with van der Waals surface area (Å²) < 4.78 is 5.26. The predicted octanol–water partition coefficient (Wildman–Crippen LogP) is 2.25. The van der Waals surface area contributed by atoms with Gasteiger partial charge in [-0.1, -0.05) is 0 Å². The molecule has 0 atom stereocenters. The zero-order valence-electron chi connectivity index (χ0n) is 12.1. The Labute approximate surface area is 139 Å². The summed E-state index contributed by atoms with van der Waals surface area (Å²) in [4.78, 5) is 0. The maximum Gasteiger partial charge on any atom is 0.156 e. The standard InChI is InChI=1S/C12H10N4O9/c17-13(18)7-1-3-11(9(5-7)15(21)22)25-12-4-2-8(14(19)20)6-10(12)16(23)24/h1-6,21-24H/q-4. The first-order valence-corrected chi connectivity index (χ1v) is 6.31. The number of ether oxygens (including phenoxy) is 1. The smallest absolute Gasteiger partial charge is 0.156 e. The van der Waals surface area contributed by atoms with E-state index >= 15 is 0 Å². The molecular weight excluding hydrogens is 344 g/mol. The summed E-state index contributed by atoms with van der Waals surface area (Å²) in [6, 6.07) is 5.63. The third kappa shape index (κ3) is 4.15. The predicted molar refractivity (Wildman–Crippen MR) is 83.5 cm³/mol. The van der Waals surface area contributed by atoms with E-state index in [0.717, 1.165) is 36.4 Å². The maximum absolute atomic E-state index is 10.7. The van der Waals surface area contributed by atoms with Gasteiger partial charge in [-0.2, -0.15) is 0 Å². The average molecular weight is 354 g/mol. The van der Waals surface area contributed by atoms with Gasteiger partial charge in [-0.3, -0.25) is 20.8 Å². The second-order valence-corrected chi connectivity index (χ2v) is 4.50. The SMILES string of the molecule is [O-]N([O-])c1ccc(Oc2ccc(N([O-])[O-])cc2N(O)O)c(N(O)O)c1. The molecule has 0 amide bonds. The molecule has 2 aromatic rings. The van der Waals surface area contributed by atoms with Crippen LogP contribution in [0.5, 0.6) is 11.5 Å². The van der Waals surface area contributed by atoms with E-state index in [0.29, 0.717) is 0 Å². The van der Waals surface area contributed by atoms with Gasteiger partial charge in [-0.05, 0) is 36.4 Å². The van der Waals surface area contributed by atoms with Crippen LogP contribution in [0.25, 0.3) is 0 Å². The lowest BCUT2D eigenvalue weighted by atomic mass is 10.2. The molecule has 2 rings (SSSR count). The van der Waals surface area contributed by atoms with Gasteiger partial charge < -0.3 is 36.0 Å². The third-order valence-corrected chi connectivity index (χ3v) is 2.96. The van der Waals surface area contributed by atoms with E-state index < -0.39 is 43.7 Å². The van der Waals surface area contributed by atoms with Crippen LogP contribution in [0.15, 0.2) is 36.4 Å². The Morgan fingerprint density at radius 3 is 1.28 bits per heavy atom. The van der Waals surface area contributed by atoms with Crippen LogP contribution in [0.4, 0.5) is 22.7 Å². The van der Waals surface area contributed by atoms with Crippen LogP contribution in [0.1, 0.15) is 0 Å². The van der Waals surface area contributed by atoms with Gasteiger partial charge in [0.25, 0.3) is 0 Å². The number of hydrogen-bond donors (Lipinski definition) is 4. The van der Waals surface area contributed by atoms with Gasteiger partial charge in [-0.15, -0.1) is 10.5 Å². The summed E-state index contributed by atoms with van der Waals surface area (Å²) in [7, 11) is 0. The summed E-state index contributed by atoms with van der Waals surface area (Å²) in [5.41, 5.74) is -1.99. The van der Waals surface area contributed by atoms with Gasteiger partial charge in [0.1, 0.15) is 11.4 Å². The molecule has 0 unspecified atom stereocenters. The van der Waals surface area contributed by atoms with E-state index in [2.05, 4.69) is 0 Å². The fourth-order valence-corrected chi connectivity index (χ4v) is 1.84. The lowest BCUT2D eigenvalue weighted by molar-refractivity contribution is 0.0273. The van der Waals surface area contributed by atoms with Crippen LogP contribution in [0.2, 0.25) is 0 Å². The summed E-state index contributed by atoms with van der Waals surface area (Å²) in [6.07, 6.45) is 0. The second kappa shape index (κ2) is 7.34. The molecule has 0 fully saturated rings. The molecule has 0 aliphatic rings. The van der Waals surface area contributed by atoms with E-state index in [1.54, 1.807) is 0 Å². The van der Waals surface area contributed by atoms with Gasteiger partial charge in [0.05, 0.1) is 0 Å². The van der Waals surface area contributed by atoms with E-state index in [4.69, 9.17) is 4.74 Å². The number of hydrogen-bond acceptors (Lipinski definition) is 13. The molecule has 0 saturated heterocycles. The Morgan fingerprint density at radius 1 is 0.640 bits per heavy atom. The third-order valence-electron chi connectivity index (χ3n) is 2.96. The van der Waals surface area contributed by atoms with Crippen molar-refractivity contribution < 1.29 is 25.6 Å².